The van der Waals surface area contributed by atoms with Gasteiger partial charge in [-0.25, -0.2) is 13.4 Å². The fourth-order valence-electron chi connectivity index (χ4n) is 2.76. The molecule has 0 spiro atoms. The van der Waals surface area contributed by atoms with E-state index in [2.05, 4.69) is 15.0 Å². The molecule has 0 saturated heterocycles. The molecule has 152 valence electrons. The molecule has 2 aromatic heterocycles. The average molecular weight is 435 g/mol. The number of benzene rings is 1. The zero-order valence-electron chi connectivity index (χ0n) is 15.6. The Bertz CT molecular complexity index is 1140. The zero-order valence-corrected chi connectivity index (χ0v) is 17.2. The van der Waals surface area contributed by atoms with E-state index < -0.39 is 22.0 Å². The molecule has 1 unspecified atom stereocenters. The highest BCUT2D eigenvalue weighted by Crippen LogP contribution is 2.25. The second-order valence-corrected chi connectivity index (χ2v) is 8.63. The molecule has 0 aliphatic rings. The normalized spacial score (nSPS) is 12.4. The van der Waals surface area contributed by atoms with Crippen LogP contribution in [0.15, 0.2) is 54.9 Å². The van der Waals surface area contributed by atoms with Crippen LogP contribution < -0.4 is 10.0 Å². The first kappa shape index (κ1) is 20.8. The number of aliphatic hydroxyl groups excluding tert-OH is 1. The van der Waals surface area contributed by atoms with Gasteiger partial charge in [-0.15, -0.1) is 0 Å². The summed E-state index contributed by atoms with van der Waals surface area (Å²) in [5, 5.41) is 13.0. The Kier molecular flexibility index (Phi) is 5.92. The fourth-order valence-corrected chi connectivity index (χ4v) is 3.54. The van der Waals surface area contributed by atoms with E-state index in [-0.39, 0.29) is 10.7 Å². The Morgan fingerprint density at radius 1 is 1.21 bits per heavy atom. The summed E-state index contributed by atoms with van der Waals surface area (Å²) in [6.45, 7) is 1.59. The first-order chi connectivity index (χ1) is 13.6. The van der Waals surface area contributed by atoms with Crippen LogP contribution in [0.1, 0.15) is 29.1 Å². The molecular formula is C19H19ClN4O4S. The third-order valence-corrected chi connectivity index (χ3v) is 4.72. The van der Waals surface area contributed by atoms with Crippen molar-refractivity contribution >= 4 is 38.9 Å². The standard InChI is InChI=1S/C19H19ClN4O4S/c1-12(25)17-7-13(11-24(17)18-5-3-4-6-21-18)19(26)22-15-8-14(20)9-16(10-15)23-29(2,27)28/h3-12,23,25H,1-2H3,(H,22,26). The van der Waals surface area contributed by atoms with Gasteiger partial charge in [0.05, 0.1) is 29.3 Å². The van der Waals surface area contributed by atoms with E-state index in [1.807, 2.05) is 0 Å². The lowest BCUT2D eigenvalue weighted by atomic mass is 10.2. The van der Waals surface area contributed by atoms with Gasteiger partial charge in [0.1, 0.15) is 5.82 Å². The zero-order chi connectivity index (χ0) is 21.2. The number of anilines is 2. The lowest BCUT2D eigenvalue weighted by Gasteiger charge is -2.09. The second-order valence-electron chi connectivity index (χ2n) is 6.44. The Hall–Kier alpha value is -2.88. The Morgan fingerprint density at radius 2 is 1.93 bits per heavy atom. The minimum Gasteiger partial charge on any atom is -0.387 e. The molecule has 3 aromatic rings. The molecule has 0 aliphatic heterocycles. The quantitative estimate of drug-likeness (QED) is 0.551. The maximum Gasteiger partial charge on any atom is 0.257 e. The molecule has 0 saturated carbocycles. The van der Waals surface area contributed by atoms with E-state index in [1.165, 1.54) is 18.2 Å². The number of carbonyl (C=O) groups is 1. The van der Waals surface area contributed by atoms with Crippen LogP contribution in [0.3, 0.4) is 0 Å². The Balaban J connectivity index is 1.90. The molecule has 0 bridgehead atoms. The number of nitrogens with zero attached hydrogens (tertiary/aromatic N) is 2. The van der Waals surface area contributed by atoms with E-state index in [0.29, 0.717) is 22.8 Å². The predicted octanol–water partition coefficient (Wildman–Crippen LogP) is 3.20. The van der Waals surface area contributed by atoms with Crippen molar-refractivity contribution < 1.29 is 18.3 Å². The van der Waals surface area contributed by atoms with Gasteiger partial charge in [0.15, 0.2) is 0 Å². The van der Waals surface area contributed by atoms with Crippen molar-refractivity contribution in [3.05, 3.63) is 71.1 Å². The maximum atomic E-state index is 12.7. The van der Waals surface area contributed by atoms with Gasteiger partial charge in [0, 0.05) is 23.1 Å². The smallest absolute Gasteiger partial charge is 0.257 e. The molecule has 3 N–H and O–H groups in total. The highest BCUT2D eigenvalue weighted by molar-refractivity contribution is 7.92. The molecule has 1 atom stereocenters. The summed E-state index contributed by atoms with van der Waals surface area (Å²) < 4.78 is 26.8. The van der Waals surface area contributed by atoms with E-state index in [1.54, 1.807) is 48.1 Å². The molecule has 3 rings (SSSR count). The van der Waals surface area contributed by atoms with E-state index >= 15 is 0 Å². The van der Waals surface area contributed by atoms with Crippen LogP contribution in [0.2, 0.25) is 5.02 Å². The molecule has 0 radical (unpaired) electrons. The summed E-state index contributed by atoms with van der Waals surface area (Å²) in [6.07, 6.45) is 3.38. The van der Waals surface area contributed by atoms with Crippen molar-refractivity contribution in [2.75, 3.05) is 16.3 Å². The van der Waals surface area contributed by atoms with Crippen molar-refractivity contribution in [2.45, 2.75) is 13.0 Å². The summed E-state index contributed by atoms with van der Waals surface area (Å²) in [6, 6.07) is 11.3. The lowest BCUT2D eigenvalue weighted by Crippen LogP contribution is -2.13. The number of nitrogens with one attached hydrogen (secondary N) is 2. The molecule has 2 heterocycles. The molecule has 1 aromatic carbocycles. The number of hydrogen-bond acceptors (Lipinski definition) is 5. The predicted molar refractivity (Wildman–Crippen MR) is 112 cm³/mol. The summed E-state index contributed by atoms with van der Waals surface area (Å²) in [5.74, 6) is 0.110. The van der Waals surface area contributed by atoms with Gasteiger partial charge in [0.25, 0.3) is 5.91 Å². The summed E-state index contributed by atoms with van der Waals surface area (Å²) in [4.78, 5) is 17.0. The maximum absolute atomic E-state index is 12.7. The van der Waals surface area contributed by atoms with E-state index in [4.69, 9.17) is 11.6 Å². The molecule has 8 nitrogen and oxygen atoms in total. The minimum absolute atomic E-state index is 0.228. The highest BCUT2D eigenvalue weighted by Gasteiger charge is 2.17. The van der Waals surface area contributed by atoms with Gasteiger partial charge in [-0.3, -0.25) is 9.52 Å². The number of hydrogen-bond donors (Lipinski definition) is 3. The van der Waals surface area contributed by atoms with Crippen LogP contribution in [-0.4, -0.2) is 35.2 Å². The molecule has 0 aliphatic carbocycles. The summed E-state index contributed by atoms with van der Waals surface area (Å²) >= 11 is 6.03. The Labute approximate surface area is 173 Å². The number of rotatable bonds is 6. The number of sulfonamides is 1. The number of amides is 1. The monoisotopic (exact) mass is 434 g/mol. The third kappa shape index (κ3) is 5.35. The van der Waals surface area contributed by atoms with Crippen molar-refractivity contribution in [1.29, 1.82) is 0 Å². The van der Waals surface area contributed by atoms with Gasteiger partial charge in [-0.2, -0.15) is 0 Å². The number of aromatic nitrogens is 2. The van der Waals surface area contributed by atoms with Crippen LogP contribution in [-0.2, 0) is 10.0 Å². The van der Waals surface area contributed by atoms with Crippen molar-refractivity contribution in [3.8, 4) is 5.82 Å². The molecule has 29 heavy (non-hydrogen) atoms. The summed E-state index contributed by atoms with van der Waals surface area (Å²) in [7, 11) is -3.49. The lowest BCUT2D eigenvalue weighted by molar-refractivity contribution is 0.102. The van der Waals surface area contributed by atoms with Gasteiger partial charge < -0.3 is 15.0 Å². The molecule has 0 fully saturated rings. The SMILES string of the molecule is CC(O)c1cc(C(=O)Nc2cc(Cl)cc(NS(C)(=O)=O)c2)cn1-c1ccccn1. The van der Waals surface area contributed by atoms with Crippen LogP contribution in [0, 0.1) is 0 Å². The first-order valence-electron chi connectivity index (χ1n) is 8.54. The highest BCUT2D eigenvalue weighted by atomic mass is 35.5. The van der Waals surface area contributed by atoms with Crippen LogP contribution in [0.5, 0.6) is 0 Å². The van der Waals surface area contributed by atoms with Gasteiger partial charge >= 0.3 is 0 Å². The number of halogens is 1. The molecule has 1 amide bonds. The molecular weight excluding hydrogens is 416 g/mol. The fraction of sp³-hybridized carbons (Fsp3) is 0.158. The largest absolute Gasteiger partial charge is 0.387 e. The van der Waals surface area contributed by atoms with E-state index in [9.17, 15) is 18.3 Å². The van der Waals surface area contributed by atoms with Crippen molar-refractivity contribution in [1.82, 2.24) is 9.55 Å². The van der Waals surface area contributed by atoms with Gasteiger partial charge in [-0.05, 0) is 43.3 Å². The number of carbonyl (C=O) groups excluding carboxylic acids is 1. The number of aliphatic hydroxyl groups is 1. The molecule has 10 heteroatoms. The number of pyridine rings is 1. The second kappa shape index (κ2) is 8.24. The van der Waals surface area contributed by atoms with Gasteiger partial charge in [0.2, 0.25) is 10.0 Å². The summed E-state index contributed by atoms with van der Waals surface area (Å²) in [5.41, 5.74) is 1.34. The minimum atomic E-state index is -3.49. The van der Waals surface area contributed by atoms with Crippen molar-refractivity contribution in [3.63, 3.8) is 0 Å². The average Bonchev–Trinajstić information content (AvgIpc) is 3.06. The van der Waals surface area contributed by atoms with Crippen LogP contribution in [0.4, 0.5) is 11.4 Å². The topological polar surface area (TPSA) is 113 Å². The van der Waals surface area contributed by atoms with Crippen LogP contribution in [0.25, 0.3) is 5.82 Å². The van der Waals surface area contributed by atoms with E-state index in [0.717, 1.165) is 6.26 Å². The van der Waals surface area contributed by atoms with Gasteiger partial charge in [-0.1, -0.05) is 17.7 Å². The van der Waals surface area contributed by atoms with Crippen LogP contribution >= 0.6 is 11.6 Å². The first-order valence-corrected chi connectivity index (χ1v) is 10.8. The third-order valence-electron chi connectivity index (χ3n) is 3.89. The van der Waals surface area contributed by atoms with Crippen molar-refractivity contribution in [2.24, 2.45) is 0 Å². The Morgan fingerprint density at radius 3 is 2.55 bits per heavy atom.